The van der Waals surface area contributed by atoms with Crippen LogP contribution in [0.5, 0.6) is 0 Å². The number of halogens is 2. The smallest absolute Gasteiger partial charge is 0.409 e. The number of aryl methyl sites for hydroxylation is 1. The summed E-state index contributed by atoms with van der Waals surface area (Å²) < 4.78 is 42.0. The molecule has 0 bridgehead atoms. The number of ether oxygens (including phenoxy) is 2. The molecule has 4 rings (SSSR count). The monoisotopic (exact) mass is 426 g/mol. The van der Waals surface area contributed by atoms with Crippen molar-refractivity contribution in [2.75, 3.05) is 26.8 Å². The summed E-state index contributed by atoms with van der Waals surface area (Å²) in [5.74, 6) is -1.71. The van der Waals surface area contributed by atoms with Crippen LogP contribution in [0.15, 0.2) is 30.5 Å². The second-order valence-corrected chi connectivity index (χ2v) is 7.35. The number of carbonyl (C=O) groups excluding carboxylic acids is 1. The topological polar surface area (TPSA) is 60.4 Å². The van der Waals surface area contributed by atoms with Crippen LogP contribution in [0.4, 0.5) is 19.3 Å². The van der Waals surface area contributed by atoms with Crippen LogP contribution in [0, 0.1) is 25.1 Å². The van der Waals surface area contributed by atoms with Gasteiger partial charge in [-0.25, -0.2) is 23.4 Å². The number of benzene rings is 1. The van der Waals surface area contributed by atoms with Gasteiger partial charge >= 0.3 is 6.09 Å². The van der Waals surface area contributed by atoms with Gasteiger partial charge in [0.15, 0.2) is 5.69 Å². The van der Waals surface area contributed by atoms with Gasteiger partial charge < -0.3 is 18.8 Å². The van der Waals surface area contributed by atoms with Crippen molar-refractivity contribution in [2.24, 2.45) is 0 Å². The zero-order valence-electron chi connectivity index (χ0n) is 17.1. The van der Waals surface area contributed by atoms with Gasteiger partial charge in [0.2, 0.25) is 0 Å². The van der Waals surface area contributed by atoms with Crippen molar-refractivity contribution in [3.8, 4) is 11.3 Å². The average Bonchev–Trinajstić information content (AvgIpc) is 3.09. The lowest BCUT2D eigenvalue weighted by Crippen LogP contribution is -2.46. The van der Waals surface area contributed by atoms with Crippen LogP contribution < -0.4 is 0 Å². The number of carbonyl (C=O) groups is 1. The molecule has 1 fully saturated rings. The molecular formula is C22H20F2N4O3. The summed E-state index contributed by atoms with van der Waals surface area (Å²) in [5.41, 5.74) is 1.79. The quantitative estimate of drug-likeness (QED) is 0.591. The van der Waals surface area contributed by atoms with E-state index < -0.39 is 23.8 Å². The Bertz CT molecular complexity index is 1180. The largest absolute Gasteiger partial charge is 0.453 e. The number of hydrogen-bond donors (Lipinski definition) is 0. The van der Waals surface area contributed by atoms with Gasteiger partial charge in [0, 0.05) is 19.2 Å². The van der Waals surface area contributed by atoms with Gasteiger partial charge in [0.05, 0.1) is 49.9 Å². The zero-order valence-corrected chi connectivity index (χ0v) is 17.1. The SMILES string of the molecule is [C-]#[N+]c1cc(F)c(-c2nc3cc(C)ccn3c2C[C@H]2CN(C(=O)OC)CCO2)c(F)c1. The molecule has 0 saturated carbocycles. The van der Waals surface area contributed by atoms with E-state index in [4.69, 9.17) is 16.0 Å². The highest BCUT2D eigenvalue weighted by Crippen LogP contribution is 2.33. The Kier molecular flexibility index (Phi) is 5.57. The van der Waals surface area contributed by atoms with Crippen molar-refractivity contribution in [1.29, 1.82) is 0 Å². The number of rotatable bonds is 3. The minimum atomic E-state index is -0.854. The molecule has 3 aromatic rings. The van der Waals surface area contributed by atoms with E-state index in [1.54, 1.807) is 10.6 Å². The van der Waals surface area contributed by atoms with Crippen molar-refractivity contribution >= 4 is 17.4 Å². The number of hydrogen-bond acceptors (Lipinski definition) is 4. The lowest BCUT2D eigenvalue weighted by atomic mass is 10.0. The van der Waals surface area contributed by atoms with Gasteiger partial charge in [-0.05, 0) is 36.8 Å². The lowest BCUT2D eigenvalue weighted by molar-refractivity contribution is -0.0241. The second-order valence-electron chi connectivity index (χ2n) is 7.35. The molecule has 0 N–H and O–H groups in total. The maximum Gasteiger partial charge on any atom is 0.409 e. The van der Waals surface area contributed by atoms with E-state index in [9.17, 15) is 13.6 Å². The van der Waals surface area contributed by atoms with Gasteiger partial charge in [-0.2, -0.15) is 0 Å². The molecule has 2 aromatic heterocycles. The third-order valence-corrected chi connectivity index (χ3v) is 5.27. The Hall–Kier alpha value is -3.51. The summed E-state index contributed by atoms with van der Waals surface area (Å²) in [6.45, 7) is 9.94. The lowest BCUT2D eigenvalue weighted by Gasteiger charge is -2.32. The minimum absolute atomic E-state index is 0.121. The molecule has 0 unspecified atom stereocenters. The van der Waals surface area contributed by atoms with E-state index >= 15 is 0 Å². The van der Waals surface area contributed by atoms with E-state index in [1.807, 2.05) is 19.1 Å². The summed E-state index contributed by atoms with van der Waals surface area (Å²) >= 11 is 0. The molecule has 0 aliphatic carbocycles. The molecule has 31 heavy (non-hydrogen) atoms. The standard InChI is InChI=1S/C22H20F2N4O3/c1-13-4-5-28-18(11-15-12-27(6-7-31-15)22(29)30-3)21(26-19(28)8-13)20-16(23)9-14(25-2)10-17(20)24/h4-5,8-10,15H,6-7,11-12H2,1,3H3/t15-/m0/s1. The first-order valence-corrected chi connectivity index (χ1v) is 9.70. The van der Waals surface area contributed by atoms with Crippen LogP contribution in [0.25, 0.3) is 21.7 Å². The van der Waals surface area contributed by atoms with Crippen LogP contribution in [0.2, 0.25) is 0 Å². The van der Waals surface area contributed by atoms with Crippen molar-refractivity contribution in [1.82, 2.24) is 14.3 Å². The zero-order chi connectivity index (χ0) is 22.1. The first kappa shape index (κ1) is 20.8. The molecule has 0 spiro atoms. The van der Waals surface area contributed by atoms with Crippen LogP contribution in [0.3, 0.4) is 0 Å². The van der Waals surface area contributed by atoms with E-state index in [0.717, 1.165) is 17.7 Å². The van der Waals surface area contributed by atoms with E-state index in [-0.39, 0.29) is 29.9 Å². The molecule has 1 aliphatic heterocycles. The maximum absolute atomic E-state index is 14.8. The number of pyridine rings is 1. The molecule has 3 heterocycles. The minimum Gasteiger partial charge on any atom is -0.453 e. The van der Waals surface area contributed by atoms with Crippen LogP contribution in [0.1, 0.15) is 11.3 Å². The van der Waals surface area contributed by atoms with Gasteiger partial charge in [0.1, 0.15) is 17.3 Å². The Morgan fingerprint density at radius 1 is 1.35 bits per heavy atom. The summed E-state index contributed by atoms with van der Waals surface area (Å²) in [4.78, 5) is 21.1. The normalized spacial score (nSPS) is 16.4. The Morgan fingerprint density at radius 3 is 2.77 bits per heavy atom. The first-order valence-electron chi connectivity index (χ1n) is 9.70. The van der Waals surface area contributed by atoms with Gasteiger partial charge in [0.25, 0.3) is 0 Å². The number of aromatic nitrogens is 2. The molecule has 1 amide bonds. The van der Waals surface area contributed by atoms with E-state index in [2.05, 4.69) is 9.83 Å². The summed E-state index contributed by atoms with van der Waals surface area (Å²) in [7, 11) is 1.32. The number of fused-ring (bicyclic) bond motifs is 1. The molecule has 1 aliphatic rings. The molecule has 0 radical (unpaired) electrons. The predicted octanol–water partition coefficient (Wildman–Crippen LogP) is 4.15. The molecule has 7 nitrogen and oxygen atoms in total. The number of methoxy groups -OCH3 is 1. The summed E-state index contributed by atoms with van der Waals surface area (Å²) in [5, 5.41) is 0. The van der Waals surface area contributed by atoms with Gasteiger partial charge in [-0.15, -0.1) is 0 Å². The van der Waals surface area contributed by atoms with Crippen molar-refractivity contribution in [3.63, 3.8) is 0 Å². The second kappa shape index (κ2) is 8.32. The molecule has 160 valence electrons. The highest BCUT2D eigenvalue weighted by atomic mass is 19.1. The van der Waals surface area contributed by atoms with Crippen LogP contribution in [-0.4, -0.2) is 53.3 Å². The molecule has 1 atom stereocenters. The van der Waals surface area contributed by atoms with Gasteiger partial charge in [-0.3, -0.25) is 0 Å². The van der Waals surface area contributed by atoms with Crippen molar-refractivity contribution in [2.45, 2.75) is 19.4 Å². The Labute approximate surface area is 177 Å². The highest BCUT2D eigenvalue weighted by Gasteiger charge is 2.29. The van der Waals surface area contributed by atoms with Crippen molar-refractivity contribution in [3.05, 3.63) is 64.8 Å². The highest BCUT2D eigenvalue weighted by molar-refractivity contribution is 5.71. The fourth-order valence-corrected chi connectivity index (χ4v) is 3.80. The molecule has 9 heteroatoms. The van der Waals surface area contributed by atoms with Gasteiger partial charge in [-0.1, -0.05) is 0 Å². The Morgan fingerprint density at radius 2 is 2.10 bits per heavy atom. The summed E-state index contributed by atoms with van der Waals surface area (Å²) in [6.07, 6.45) is 1.22. The number of imidazole rings is 1. The van der Waals surface area contributed by atoms with E-state index in [0.29, 0.717) is 24.5 Å². The third-order valence-electron chi connectivity index (χ3n) is 5.27. The van der Waals surface area contributed by atoms with E-state index in [1.165, 1.54) is 12.0 Å². The molecular weight excluding hydrogens is 406 g/mol. The Balaban J connectivity index is 1.80. The average molecular weight is 426 g/mol. The fourth-order valence-electron chi connectivity index (χ4n) is 3.80. The third kappa shape index (κ3) is 3.94. The number of nitrogens with zero attached hydrogens (tertiary/aromatic N) is 4. The predicted molar refractivity (Wildman–Crippen MR) is 109 cm³/mol. The molecule has 1 saturated heterocycles. The van der Waals surface area contributed by atoms with Crippen LogP contribution in [-0.2, 0) is 15.9 Å². The molecule has 1 aromatic carbocycles. The van der Waals surface area contributed by atoms with Crippen LogP contribution >= 0.6 is 0 Å². The van der Waals surface area contributed by atoms with Crippen molar-refractivity contribution < 1.29 is 23.0 Å². The maximum atomic E-state index is 14.8. The number of morpholine rings is 1. The first-order chi connectivity index (χ1) is 14.9. The fraction of sp³-hybridized carbons (Fsp3) is 0.318. The summed E-state index contributed by atoms with van der Waals surface area (Å²) in [6, 6.07) is 5.69. The number of amides is 1.